The van der Waals surface area contributed by atoms with Gasteiger partial charge in [-0.25, -0.2) is 0 Å². The van der Waals surface area contributed by atoms with Crippen molar-refractivity contribution in [3.05, 3.63) is 22.4 Å². The Balaban J connectivity index is 0.00000338. The molecule has 1 aromatic rings. The number of likely N-dealkylation sites (tertiary alicyclic amines) is 1. The highest BCUT2D eigenvalue weighted by Gasteiger charge is 2.19. The summed E-state index contributed by atoms with van der Waals surface area (Å²) in [7, 11) is 7.78. The van der Waals surface area contributed by atoms with Crippen LogP contribution >= 0.6 is 39.9 Å². The van der Waals surface area contributed by atoms with Crippen molar-refractivity contribution in [3.63, 3.8) is 0 Å². The summed E-state index contributed by atoms with van der Waals surface area (Å²) >= 11 is 3.53. The number of halogens is 2. The molecule has 0 aliphatic carbocycles. The van der Waals surface area contributed by atoms with Gasteiger partial charge in [0.1, 0.15) is 0 Å². The number of nitrogens with one attached hydrogen (secondary N) is 1. The van der Waals surface area contributed by atoms with Crippen LogP contribution in [-0.4, -0.2) is 74.3 Å². The van der Waals surface area contributed by atoms with Gasteiger partial charge in [-0.1, -0.05) is 0 Å². The van der Waals surface area contributed by atoms with E-state index in [1.165, 1.54) is 31.6 Å². The number of hydrogen-bond donors (Lipinski definition) is 1. The monoisotopic (exact) mass is 541 g/mol. The van der Waals surface area contributed by atoms with Gasteiger partial charge in [0.2, 0.25) is 0 Å². The minimum atomic E-state index is 0. The molecule has 0 bridgehead atoms. The summed E-state index contributed by atoms with van der Waals surface area (Å²) in [6.45, 7) is 6.04. The molecule has 0 amide bonds. The molecule has 0 saturated carbocycles. The fraction of sp³-hybridized carbons (Fsp3) is 0.722. The van der Waals surface area contributed by atoms with E-state index in [0.29, 0.717) is 5.92 Å². The number of aliphatic imine (C=N–C) groups is 1. The van der Waals surface area contributed by atoms with Gasteiger partial charge in [0.25, 0.3) is 0 Å². The van der Waals surface area contributed by atoms with E-state index in [1.807, 2.05) is 7.05 Å². The number of piperidine rings is 1. The smallest absolute Gasteiger partial charge is 0.193 e. The molecule has 1 fully saturated rings. The molecule has 0 spiro atoms. The van der Waals surface area contributed by atoms with Crippen molar-refractivity contribution in [1.29, 1.82) is 0 Å². The van der Waals surface area contributed by atoms with Crippen LogP contribution in [0.25, 0.3) is 0 Å². The first-order chi connectivity index (χ1) is 12.0. The zero-order chi connectivity index (χ0) is 18.2. The minimum Gasteiger partial charge on any atom is -0.383 e. The lowest BCUT2D eigenvalue weighted by Crippen LogP contribution is -2.43. The van der Waals surface area contributed by atoms with Crippen molar-refractivity contribution in [2.75, 3.05) is 54.0 Å². The molecule has 26 heavy (non-hydrogen) atoms. The summed E-state index contributed by atoms with van der Waals surface area (Å²) in [4.78, 5) is 9.11. The van der Waals surface area contributed by atoms with E-state index in [4.69, 9.17) is 4.74 Å². The van der Waals surface area contributed by atoms with E-state index in [2.05, 4.69) is 67.0 Å². The van der Waals surface area contributed by atoms with Crippen molar-refractivity contribution in [1.82, 2.24) is 19.7 Å². The lowest BCUT2D eigenvalue weighted by molar-refractivity contribution is 0.120. The number of hydrogen-bond acceptors (Lipinski definition) is 3. The van der Waals surface area contributed by atoms with Crippen molar-refractivity contribution in [2.45, 2.75) is 19.4 Å². The molecule has 2 heterocycles. The number of methoxy groups -OCH3 is 1. The Morgan fingerprint density at radius 3 is 2.65 bits per heavy atom. The van der Waals surface area contributed by atoms with Crippen LogP contribution in [0.1, 0.15) is 18.5 Å². The predicted octanol–water partition coefficient (Wildman–Crippen LogP) is 2.77. The maximum absolute atomic E-state index is 5.17. The summed E-state index contributed by atoms with van der Waals surface area (Å²) in [5.74, 6) is 1.67. The fourth-order valence-electron chi connectivity index (χ4n) is 3.30. The molecular weight excluding hydrogens is 509 g/mol. The van der Waals surface area contributed by atoms with E-state index in [0.717, 1.165) is 36.7 Å². The largest absolute Gasteiger partial charge is 0.383 e. The summed E-state index contributed by atoms with van der Waals surface area (Å²) in [5, 5.41) is 3.56. The molecule has 8 heteroatoms. The topological polar surface area (TPSA) is 45.0 Å². The normalized spacial score (nSPS) is 16.4. The van der Waals surface area contributed by atoms with Gasteiger partial charge in [-0.2, -0.15) is 0 Å². The molecule has 1 aromatic heterocycles. The molecule has 0 aromatic carbocycles. The lowest BCUT2D eigenvalue weighted by Gasteiger charge is -2.32. The summed E-state index contributed by atoms with van der Waals surface area (Å²) < 4.78 is 8.43. The Labute approximate surface area is 183 Å². The molecule has 2 rings (SSSR count). The number of rotatable bonds is 7. The quantitative estimate of drug-likeness (QED) is 0.327. The molecule has 1 aliphatic rings. The Morgan fingerprint density at radius 1 is 1.42 bits per heavy atom. The second-order valence-electron chi connectivity index (χ2n) is 6.82. The maximum atomic E-state index is 5.17. The molecule has 0 unspecified atom stereocenters. The minimum absolute atomic E-state index is 0. The zero-order valence-corrected chi connectivity index (χ0v) is 20.3. The van der Waals surface area contributed by atoms with E-state index in [-0.39, 0.29) is 24.0 Å². The second-order valence-corrected chi connectivity index (χ2v) is 7.74. The standard InChI is InChI=1S/C18H32BrN5O.HI/c1-20-18(23(3)14-17-11-16(19)13-22(17)2)21-12-15-5-7-24(8-6-15)9-10-25-4;/h11,13,15H,5-10,12,14H2,1-4H3,(H,20,21);1H. The van der Waals surface area contributed by atoms with Gasteiger partial charge < -0.3 is 24.4 Å². The van der Waals surface area contributed by atoms with E-state index < -0.39 is 0 Å². The van der Waals surface area contributed by atoms with E-state index in [9.17, 15) is 0 Å². The molecular formula is C18H33BrIN5O. The van der Waals surface area contributed by atoms with Crippen LogP contribution in [0.2, 0.25) is 0 Å². The number of ether oxygens (including phenoxy) is 1. The fourth-order valence-corrected chi connectivity index (χ4v) is 3.87. The average Bonchev–Trinajstić information content (AvgIpc) is 2.91. The molecule has 0 radical (unpaired) electrons. The first kappa shape index (κ1) is 23.7. The predicted molar refractivity (Wildman–Crippen MR) is 122 cm³/mol. The van der Waals surface area contributed by atoms with Crippen LogP contribution in [0.3, 0.4) is 0 Å². The number of guanidine groups is 1. The van der Waals surface area contributed by atoms with Gasteiger partial charge in [0.15, 0.2) is 5.96 Å². The van der Waals surface area contributed by atoms with Crippen LogP contribution in [0.5, 0.6) is 0 Å². The van der Waals surface area contributed by atoms with Gasteiger partial charge in [0, 0.05) is 57.7 Å². The molecule has 1 N–H and O–H groups in total. The van der Waals surface area contributed by atoms with Crippen LogP contribution in [0, 0.1) is 5.92 Å². The van der Waals surface area contributed by atoms with Gasteiger partial charge in [-0.15, -0.1) is 24.0 Å². The van der Waals surface area contributed by atoms with Gasteiger partial charge in [-0.3, -0.25) is 4.99 Å². The summed E-state index contributed by atoms with van der Waals surface area (Å²) in [6, 6.07) is 2.15. The van der Waals surface area contributed by atoms with Crippen molar-refractivity contribution in [3.8, 4) is 0 Å². The first-order valence-corrected chi connectivity index (χ1v) is 9.76. The summed E-state index contributed by atoms with van der Waals surface area (Å²) in [5.41, 5.74) is 1.25. The highest BCUT2D eigenvalue weighted by Crippen LogP contribution is 2.17. The highest BCUT2D eigenvalue weighted by atomic mass is 127. The Kier molecular flexibility index (Phi) is 11.1. The number of aromatic nitrogens is 1. The maximum Gasteiger partial charge on any atom is 0.193 e. The molecule has 0 atom stereocenters. The number of nitrogens with zero attached hydrogens (tertiary/aromatic N) is 4. The third-order valence-electron chi connectivity index (χ3n) is 4.91. The van der Waals surface area contributed by atoms with E-state index >= 15 is 0 Å². The van der Waals surface area contributed by atoms with Crippen molar-refractivity contribution in [2.24, 2.45) is 18.0 Å². The Hall–Kier alpha value is -0.320. The first-order valence-electron chi connectivity index (χ1n) is 8.97. The van der Waals surface area contributed by atoms with Crippen LogP contribution in [0.15, 0.2) is 21.7 Å². The highest BCUT2D eigenvalue weighted by molar-refractivity contribution is 14.0. The van der Waals surface area contributed by atoms with Gasteiger partial charge >= 0.3 is 0 Å². The molecule has 1 aliphatic heterocycles. The summed E-state index contributed by atoms with van der Waals surface area (Å²) in [6.07, 6.45) is 4.56. The molecule has 1 saturated heterocycles. The van der Waals surface area contributed by atoms with Crippen molar-refractivity contribution >= 4 is 45.9 Å². The Morgan fingerprint density at radius 2 is 2.12 bits per heavy atom. The second kappa shape index (κ2) is 12.2. The van der Waals surface area contributed by atoms with Crippen molar-refractivity contribution < 1.29 is 4.74 Å². The third kappa shape index (κ3) is 7.36. The van der Waals surface area contributed by atoms with Crippen LogP contribution in [0.4, 0.5) is 0 Å². The van der Waals surface area contributed by atoms with Crippen LogP contribution < -0.4 is 5.32 Å². The molecule has 6 nitrogen and oxygen atoms in total. The third-order valence-corrected chi connectivity index (χ3v) is 5.35. The van der Waals surface area contributed by atoms with Gasteiger partial charge in [0.05, 0.1) is 13.2 Å². The Bertz CT molecular complexity index is 558. The SMILES string of the molecule is CN=C(NCC1CCN(CCOC)CC1)N(C)Cc1cc(Br)cn1C.I. The lowest BCUT2D eigenvalue weighted by atomic mass is 9.97. The van der Waals surface area contributed by atoms with Gasteiger partial charge in [-0.05, 0) is 53.8 Å². The average molecular weight is 542 g/mol. The zero-order valence-electron chi connectivity index (χ0n) is 16.4. The molecule has 150 valence electrons. The number of aryl methyl sites for hydroxylation is 1. The van der Waals surface area contributed by atoms with Crippen LogP contribution in [-0.2, 0) is 18.3 Å². The van der Waals surface area contributed by atoms with E-state index in [1.54, 1.807) is 7.11 Å².